The van der Waals surface area contributed by atoms with Gasteiger partial charge in [0.2, 0.25) is 0 Å². The van der Waals surface area contributed by atoms with Crippen LogP contribution in [-0.4, -0.2) is 37.1 Å². The molecule has 19 heavy (non-hydrogen) atoms. The van der Waals surface area contributed by atoms with Crippen molar-refractivity contribution in [2.24, 2.45) is 0 Å². The van der Waals surface area contributed by atoms with E-state index in [2.05, 4.69) is 35.4 Å². The number of benzene rings is 1. The molecule has 0 radical (unpaired) electrons. The second kappa shape index (κ2) is 7.79. The maximum absolute atomic E-state index is 11.8. The Morgan fingerprint density at radius 3 is 2.21 bits per heavy atom. The fourth-order valence-electron chi connectivity index (χ4n) is 2.09. The zero-order valence-corrected chi connectivity index (χ0v) is 12.4. The molecule has 0 saturated heterocycles. The predicted octanol–water partition coefficient (Wildman–Crippen LogP) is 2.77. The number of rotatable bonds is 6. The standard InChI is InChI=1S/C15H25N3O/c1-5-18(6-2)8-7-16-15(19)17-14-10-12(3)9-13(4)11-14/h9-11H,5-8H2,1-4H3,(H2,16,17,19). The lowest BCUT2D eigenvalue weighted by atomic mass is 10.1. The van der Waals surface area contributed by atoms with Crippen LogP contribution in [0.3, 0.4) is 0 Å². The fourth-order valence-corrected chi connectivity index (χ4v) is 2.09. The predicted molar refractivity (Wildman–Crippen MR) is 80.7 cm³/mol. The van der Waals surface area contributed by atoms with E-state index in [1.807, 2.05) is 26.0 Å². The Kier molecular flexibility index (Phi) is 6.36. The van der Waals surface area contributed by atoms with Crippen molar-refractivity contribution in [1.82, 2.24) is 10.2 Å². The van der Waals surface area contributed by atoms with Crippen LogP contribution in [0, 0.1) is 13.8 Å². The molecule has 4 nitrogen and oxygen atoms in total. The van der Waals surface area contributed by atoms with Gasteiger partial charge < -0.3 is 15.5 Å². The largest absolute Gasteiger partial charge is 0.337 e. The quantitative estimate of drug-likeness (QED) is 0.829. The van der Waals surface area contributed by atoms with Crippen molar-refractivity contribution in [2.45, 2.75) is 27.7 Å². The van der Waals surface area contributed by atoms with E-state index in [9.17, 15) is 4.79 Å². The van der Waals surface area contributed by atoms with Crippen LogP contribution >= 0.6 is 0 Å². The summed E-state index contributed by atoms with van der Waals surface area (Å²) >= 11 is 0. The first-order chi connectivity index (χ1) is 9.05. The molecule has 0 bridgehead atoms. The number of urea groups is 1. The maximum atomic E-state index is 11.8. The fraction of sp³-hybridized carbons (Fsp3) is 0.533. The van der Waals surface area contributed by atoms with Gasteiger partial charge in [0.25, 0.3) is 0 Å². The summed E-state index contributed by atoms with van der Waals surface area (Å²) in [6, 6.07) is 5.88. The lowest BCUT2D eigenvalue weighted by Gasteiger charge is -2.18. The topological polar surface area (TPSA) is 44.4 Å². The molecule has 4 heteroatoms. The molecule has 0 spiro atoms. The summed E-state index contributed by atoms with van der Waals surface area (Å²) in [6.07, 6.45) is 0. The molecule has 1 aromatic carbocycles. The van der Waals surface area contributed by atoms with E-state index in [-0.39, 0.29) is 6.03 Å². The van der Waals surface area contributed by atoms with Gasteiger partial charge in [-0.1, -0.05) is 19.9 Å². The molecule has 106 valence electrons. The first-order valence-corrected chi connectivity index (χ1v) is 6.90. The Morgan fingerprint density at radius 1 is 1.11 bits per heavy atom. The molecule has 1 rings (SSSR count). The Balaban J connectivity index is 2.38. The Hall–Kier alpha value is -1.55. The van der Waals surface area contributed by atoms with Crippen molar-refractivity contribution < 1.29 is 4.79 Å². The first kappa shape index (κ1) is 15.5. The second-order valence-corrected chi connectivity index (χ2v) is 4.78. The molecular weight excluding hydrogens is 238 g/mol. The highest BCUT2D eigenvalue weighted by Crippen LogP contribution is 2.13. The number of nitrogens with one attached hydrogen (secondary N) is 2. The Labute approximate surface area is 116 Å². The van der Waals surface area contributed by atoms with E-state index in [0.29, 0.717) is 6.54 Å². The summed E-state index contributed by atoms with van der Waals surface area (Å²) in [6.45, 7) is 11.9. The molecule has 0 atom stereocenters. The molecule has 0 saturated carbocycles. The van der Waals surface area contributed by atoms with Gasteiger partial charge in [-0.05, 0) is 50.2 Å². The molecule has 2 N–H and O–H groups in total. The first-order valence-electron chi connectivity index (χ1n) is 6.90. The van der Waals surface area contributed by atoms with Gasteiger partial charge >= 0.3 is 6.03 Å². The summed E-state index contributed by atoms with van der Waals surface area (Å²) in [7, 11) is 0. The van der Waals surface area contributed by atoms with E-state index in [0.717, 1.165) is 36.4 Å². The van der Waals surface area contributed by atoms with Crippen LogP contribution in [0.15, 0.2) is 18.2 Å². The van der Waals surface area contributed by atoms with Crippen molar-refractivity contribution >= 4 is 11.7 Å². The van der Waals surface area contributed by atoms with E-state index >= 15 is 0 Å². The number of hydrogen-bond acceptors (Lipinski definition) is 2. The number of carbonyl (C=O) groups excluding carboxylic acids is 1. The smallest absolute Gasteiger partial charge is 0.319 e. The third kappa shape index (κ3) is 5.75. The Bertz CT molecular complexity index is 394. The molecule has 0 aromatic heterocycles. The van der Waals surface area contributed by atoms with E-state index in [4.69, 9.17) is 0 Å². The normalized spacial score (nSPS) is 10.6. The average Bonchev–Trinajstić information content (AvgIpc) is 2.33. The van der Waals surface area contributed by atoms with Gasteiger partial charge in [-0.15, -0.1) is 0 Å². The van der Waals surface area contributed by atoms with Crippen molar-refractivity contribution in [2.75, 3.05) is 31.5 Å². The van der Waals surface area contributed by atoms with Crippen LogP contribution in [0.1, 0.15) is 25.0 Å². The lowest BCUT2D eigenvalue weighted by Crippen LogP contribution is -2.36. The molecule has 0 aliphatic rings. The molecule has 1 aromatic rings. The van der Waals surface area contributed by atoms with Crippen LogP contribution in [0.5, 0.6) is 0 Å². The monoisotopic (exact) mass is 263 g/mol. The zero-order valence-electron chi connectivity index (χ0n) is 12.4. The number of aryl methyl sites for hydroxylation is 2. The highest BCUT2D eigenvalue weighted by atomic mass is 16.2. The second-order valence-electron chi connectivity index (χ2n) is 4.78. The van der Waals surface area contributed by atoms with Gasteiger partial charge in [0.05, 0.1) is 0 Å². The third-order valence-corrected chi connectivity index (χ3v) is 3.09. The van der Waals surface area contributed by atoms with Crippen LogP contribution in [-0.2, 0) is 0 Å². The van der Waals surface area contributed by atoms with Gasteiger partial charge in [0.15, 0.2) is 0 Å². The van der Waals surface area contributed by atoms with Crippen molar-refractivity contribution in [3.05, 3.63) is 29.3 Å². The van der Waals surface area contributed by atoms with Crippen molar-refractivity contribution in [1.29, 1.82) is 0 Å². The summed E-state index contributed by atoms with van der Waals surface area (Å²) in [5.41, 5.74) is 3.15. The molecule has 0 aliphatic carbocycles. The summed E-state index contributed by atoms with van der Waals surface area (Å²) in [5, 5.41) is 5.74. The highest BCUT2D eigenvalue weighted by Gasteiger charge is 2.03. The summed E-state index contributed by atoms with van der Waals surface area (Å²) in [4.78, 5) is 14.0. The van der Waals surface area contributed by atoms with Crippen LogP contribution in [0.2, 0.25) is 0 Å². The molecule has 0 fully saturated rings. The van der Waals surface area contributed by atoms with Gasteiger partial charge in [-0.25, -0.2) is 4.79 Å². The number of carbonyl (C=O) groups is 1. The van der Waals surface area contributed by atoms with E-state index in [1.54, 1.807) is 0 Å². The zero-order chi connectivity index (χ0) is 14.3. The highest BCUT2D eigenvalue weighted by molar-refractivity contribution is 5.89. The molecule has 0 aliphatic heterocycles. The van der Waals surface area contributed by atoms with Gasteiger partial charge in [-0.2, -0.15) is 0 Å². The minimum atomic E-state index is -0.142. The lowest BCUT2D eigenvalue weighted by molar-refractivity contribution is 0.248. The molecule has 0 unspecified atom stereocenters. The van der Waals surface area contributed by atoms with E-state index in [1.165, 1.54) is 0 Å². The van der Waals surface area contributed by atoms with Crippen LogP contribution in [0.4, 0.5) is 10.5 Å². The molecule has 0 heterocycles. The average molecular weight is 263 g/mol. The van der Waals surface area contributed by atoms with Gasteiger partial charge in [0.1, 0.15) is 0 Å². The number of anilines is 1. The summed E-state index contributed by atoms with van der Waals surface area (Å²) in [5.74, 6) is 0. The number of nitrogens with zero attached hydrogens (tertiary/aromatic N) is 1. The summed E-state index contributed by atoms with van der Waals surface area (Å²) < 4.78 is 0. The van der Waals surface area contributed by atoms with Gasteiger partial charge in [-0.3, -0.25) is 0 Å². The minimum Gasteiger partial charge on any atom is -0.337 e. The third-order valence-electron chi connectivity index (χ3n) is 3.09. The number of likely N-dealkylation sites (N-methyl/N-ethyl adjacent to an activating group) is 1. The minimum absolute atomic E-state index is 0.142. The van der Waals surface area contributed by atoms with Crippen molar-refractivity contribution in [3.63, 3.8) is 0 Å². The number of amides is 2. The number of hydrogen-bond donors (Lipinski definition) is 2. The van der Waals surface area contributed by atoms with Crippen LogP contribution < -0.4 is 10.6 Å². The van der Waals surface area contributed by atoms with Crippen molar-refractivity contribution in [3.8, 4) is 0 Å². The molecular formula is C15H25N3O. The van der Waals surface area contributed by atoms with Gasteiger partial charge in [0, 0.05) is 18.8 Å². The van der Waals surface area contributed by atoms with E-state index < -0.39 is 0 Å². The van der Waals surface area contributed by atoms with Crippen LogP contribution in [0.25, 0.3) is 0 Å². The SMILES string of the molecule is CCN(CC)CCNC(=O)Nc1cc(C)cc(C)c1. The molecule has 2 amide bonds. The Morgan fingerprint density at radius 2 is 1.68 bits per heavy atom. The maximum Gasteiger partial charge on any atom is 0.319 e.